The van der Waals surface area contributed by atoms with Crippen LogP contribution in [0.3, 0.4) is 0 Å². The smallest absolute Gasteiger partial charge is 0.391 e. The molecule has 0 heterocycles. The molecule has 0 amide bonds. The van der Waals surface area contributed by atoms with Crippen molar-refractivity contribution in [1.82, 2.24) is 5.43 Å². The van der Waals surface area contributed by atoms with Gasteiger partial charge >= 0.3 is 6.18 Å². The molecule has 1 fully saturated rings. The van der Waals surface area contributed by atoms with E-state index in [0.29, 0.717) is 18.6 Å². The predicted molar refractivity (Wildman–Crippen MR) is 74.6 cm³/mol. The number of methoxy groups -OCH3 is 1. The number of para-hydroxylation sites is 1. The van der Waals surface area contributed by atoms with Gasteiger partial charge in [-0.2, -0.15) is 13.2 Å². The van der Waals surface area contributed by atoms with Gasteiger partial charge in [0.15, 0.2) is 0 Å². The van der Waals surface area contributed by atoms with Gasteiger partial charge < -0.3 is 4.74 Å². The molecule has 1 unspecified atom stereocenters. The van der Waals surface area contributed by atoms with E-state index in [4.69, 9.17) is 10.6 Å². The number of halogens is 3. The van der Waals surface area contributed by atoms with Crippen LogP contribution in [0, 0.1) is 11.8 Å². The maximum Gasteiger partial charge on any atom is 0.391 e. The third-order valence-corrected chi connectivity index (χ3v) is 4.36. The minimum atomic E-state index is -4.08. The van der Waals surface area contributed by atoms with Crippen LogP contribution in [0.2, 0.25) is 0 Å². The number of nitrogens with one attached hydrogen (secondary N) is 1. The van der Waals surface area contributed by atoms with Crippen LogP contribution >= 0.6 is 0 Å². The second-order valence-electron chi connectivity index (χ2n) is 5.54. The van der Waals surface area contributed by atoms with E-state index < -0.39 is 12.1 Å². The van der Waals surface area contributed by atoms with Gasteiger partial charge in [0, 0.05) is 5.56 Å². The molecule has 1 atom stereocenters. The molecule has 0 saturated heterocycles. The second-order valence-corrected chi connectivity index (χ2v) is 5.54. The zero-order valence-corrected chi connectivity index (χ0v) is 12.0. The van der Waals surface area contributed by atoms with Crippen molar-refractivity contribution in [2.24, 2.45) is 17.7 Å². The normalized spacial score (nSPS) is 24.6. The Morgan fingerprint density at radius 2 is 1.81 bits per heavy atom. The van der Waals surface area contributed by atoms with E-state index in [1.807, 2.05) is 24.3 Å². The molecule has 1 aliphatic carbocycles. The Morgan fingerprint density at radius 1 is 1.19 bits per heavy atom. The Balaban J connectivity index is 2.10. The first-order valence-electron chi connectivity index (χ1n) is 7.13. The third kappa shape index (κ3) is 3.68. The third-order valence-electron chi connectivity index (χ3n) is 4.36. The molecule has 118 valence electrons. The largest absolute Gasteiger partial charge is 0.496 e. The van der Waals surface area contributed by atoms with Gasteiger partial charge in [-0.25, -0.2) is 0 Å². The molecule has 0 aliphatic heterocycles. The van der Waals surface area contributed by atoms with Gasteiger partial charge in [0.2, 0.25) is 0 Å². The van der Waals surface area contributed by atoms with Gasteiger partial charge in [-0.1, -0.05) is 18.2 Å². The number of benzene rings is 1. The minimum absolute atomic E-state index is 0.0879. The van der Waals surface area contributed by atoms with Gasteiger partial charge in [0.25, 0.3) is 0 Å². The first-order valence-corrected chi connectivity index (χ1v) is 7.13. The molecule has 1 aromatic carbocycles. The van der Waals surface area contributed by atoms with Crippen LogP contribution in [0.5, 0.6) is 5.75 Å². The molecule has 0 spiro atoms. The molecule has 1 saturated carbocycles. The fraction of sp³-hybridized carbons (Fsp3) is 0.600. The van der Waals surface area contributed by atoms with Gasteiger partial charge in [-0.05, 0) is 37.7 Å². The molecule has 0 aromatic heterocycles. The van der Waals surface area contributed by atoms with Crippen LogP contribution in [0.15, 0.2) is 24.3 Å². The lowest BCUT2D eigenvalue weighted by molar-refractivity contribution is -0.184. The van der Waals surface area contributed by atoms with Crippen LogP contribution in [0.4, 0.5) is 13.2 Å². The molecule has 0 bridgehead atoms. The van der Waals surface area contributed by atoms with Crippen molar-refractivity contribution in [1.29, 1.82) is 0 Å². The van der Waals surface area contributed by atoms with Gasteiger partial charge in [-0.15, -0.1) is 0 Å². The first kappa shape index (κ1) is 16.1. The van der Waals surface area contributed by atoms with Crippen molar-refractivity contribution in [3.05, 3.63) is 29.8 Å². The topological polar surface area (TPSA) is 47.3 Å². The summed E-state index contributed by atoms with van der Waals surface area (Å²) in [6, 6.07) is 7.29. The Kier molecular flexibility index (Phi) is 5.11. The van der Waals surface area contributed by atoms with E-state index in [0.717, 1.165) is 5.56 Å². The number of ether oxygens (including phenoxy) is 1. The number of nitrogens with two attached hydrogens (primary N) is 1. The molecular weight excluding hydrogens is 281 g/mol. The average molecular weight is 302 g/mol. The lowest BCUT2D eigenvalue weighted by atomic mass is 9.76. The molecular formula is C15H21F3N2O. The quantitative estimate of drug-likeness (QED) is 0.660. The summed E-state index contributed by atoms with van der Waals surface area (Å²) in [7, 11) is 1.58. The number of hydrogen-bond acceptors (Lipinski definition) is 3. The first-order chi connectivity index (χ1) is 9.97. The van der Waals surface area contributed by atoms with Gasteiger partial charge in [0.1, 0.15) is 5.75 Å². The highest BCUT2D eigenvalue weighted by Crippen LogP contribution is 2.44. The molecule has 0 radical (unpaired) electrons. The Labute approximate surface area is 122 Å². The average Bonchev–Trinajstić information content (AvgIpc) is 2.48. The van der Waals surface area contributed by atoms with E-state index in [1.54, 1.807) is 7.11 Å². The summed E-state index contributed by atoms with van der Waals surface area (Å²) in [5, 5.41) is 0. The van der Waals surface area contributed by atoms with Crippen LogP contribution < -0.4 is 16.0 Å². The van der Waals surface area contributed by atoms with Crippen molar-refractivity contribution in [2.75, 3.05) is 7.11 Å². The molecule has 1 aliphatic rings. The Morgan fingerprint density at radius 3 is 2.33 bits per heavy atom. The summed E-state index contributed by atoms with van der Waals surface area (Å²) in [6.07, 6.45) is -2.72. The standard InChI is InChI=1S/C15H21F3N2O/c1-21-13-5-3-2-4-12(13)14(20-19)10-6-8-11(9-7-10)15(16,17)18/h2-5,10-11,14,20H,6-9,19H2,1H3. The lowest BCUT2D eigenvalue weighted by Crippen LogP contribution is -2.37. The maximum absolute atomic E-state index is 12.7. The van der Waals surface area contributed by atoms with Crippen LogP contribution in [0.1, 0.15) is 37.3 Å². The summed E-state index contributed by atoms with van der Waals surface area (Å²) >= 11 is 0. The molecule has 1 aromatic rings. The number of alkyl halides is 3. The van der Waals surface area contributed by atoms with Crippen molar-refractivity contribution >= 4 is 0 Å². The van der Waals surface area contributed by atoms with Crippen molar-refractivity contribution in [2.45, 2.75) is 37.9 Å². The lowest BCUT2D eigenvalue weighted by Gasteiger charge is -2.34. The van der Waals surface area contributed by atoms with Crippen molar-refractivity contribution in [3.8, 4) is 5.75 Å². The summed E-state index contributed by atoms with van der Waals surface area (Å²) in [4.78, 5) is 0. The predicted octanol–water partition coefficient (Wildman–Crippen LogP) is 3.57. The fourth-order valence-corrected chi connectivity index (χ4v) is 3.18. The van der Waals surface area contributed by atoms with E-state index >= 15 is 0 Å². The fourth-order valence-electron chi connectivity index (χ4n) is 3.18. The summed E-state index contributed by atoms with van der Waals surface area (Å²) in [5.41, 5.74) is 3.66. The zero-order valence-electron chi connectivity index (χ0n) is 12.0. The minimum Gasteiger partial charge on any atom is -0.496 e. The van der Waals surface area contributed by atoms with Gasteiger partial charge in [0.05, 0.1) is 19.1 Å². The highest BCUT2D eigenvalue weighted by molar-refractivity contribution is 5.36. The zero-order chi connectivity index (χ0) is 15.5. The Hall–Kier alpha value is -1.27. The summed E-state index contributed by atoms with van der Waals surface area (Å²) in [5.74, 6) is 5.27. The summed E-state index contributed by atoms with van der Waals surface area (Å²) in [6.45, 7) is 0. The number of hydrogen-bond donors (Lipinski definition) is 2. The van der Waals surface area contributed by atoms with Crippen LogP contribution in [-0.4, -0.2) is 13.3 Å². The van der Waals surface area contributed by atoms with E-state index in [9.17, 15) is 13.2 Å². The van der Waals surface area contributed by atoms with E-state index in [-0.39, 0.29) is 24.8 Å². The monoisotopic (exact) mass is 302 g/mol. The Bertz CT molecular complexity index is 456. The highest BCUT2D eigenvalue weighted by Gasteiger charge is 2.42. The molecule has 6 heteroatoms. The molecule has 3 N–H and O–H groups in total. The maximum atomic E-state index is 12.7. The molecule has 3 nitrogen and oxygen atoms in total. The van der Waals surface area contributed by atoms with E-state index in [2.05, 4.69) is 5.43 Å². The highest BCUT2D eigenvalue weighted by atomic mass is 19.4. The van der Waals surface area contributed by atoms with Crippen LogP contribution in [-0.2, 0) is 0 Å². The van der Waals surface area contributed by atoms with Crippen molar-refractivity contribution < 1.29 is 17.9 Å². The SMILES string of the molecule is COc1ccccc1C(NN)C1CCC(C(F)(F)F)CC1. The number of rotatable bonds is 4. The second kappa shape index (κ2) is 6.66. The van der Waals surface area contributed by atoms with Crippen molar-refractivity contribution in [3.63, 3.8) is 0 Å². The molecule has 2 rings (SSSR count). The van der Waals surface area contributed by atoms with Crippen LogP contribution in [0.25, 0.3) is 0 Å². The van der Waals surface area contributed by atoms with Gasteiger partial charge in [-0.3, -0.25) is 11.3 Å². The molecule has 21 heavy (non-hydrogen) atoms. The number of hydrazine groups is 1. The van der Waals surface area contributed by atoms with E-state index in [1.165, 1.54) is 0 Å². The summed E-state index contributed by atoms with van der Waals surface area (Å²) < 4.78 is 43.5.